The van der Waals surface area contributed by atoms with Gasteiger partial charge in [0.1, 0.15) is 0 Å². The van der Waals surface area contributed by atoms with E-state index in [1.54, 1.807) is 0 Å². The Morgan fingerprint density at radius 1 is 1.18 bits per heavy atom. The van der Waals surface area contributed by atoms with E-state index in [4.69, 9.17) is 27.9 Å². The number of rotatable bonds is 2. The minimum absolute atomic E-state index is 0.0552. The summed E-state index contributed by atoms with van der Waals surface area (Å²) in [6.07, 6.45) is 3.45. The molecular weight excluding hydrogens is 183 g/mol. The Morgan fingerprint density at radius 3 is 2.55 bits per heavy atom. The van der Waals surface area contributed by atoms with Crippen molar-refractivity contribution >= 4 is 23.2 Å². The van der Waals surface area contributed by atoms with Gasteiger partial charge in [0.05, 0.1) is 6.61 Å². The molecule has 66 valence electrons. The Hall–Kier alpha value is 0.540. The Kier molecular flexibility index (Phi) is 3.97. The van der Waals surface area contributed by atoms with Gasteiger partial charge in [0.15, 0.2) is 0 Å². The topological polar surface area (TPSA) is 9.23 Å². The predicted molar refractivity (Wildman–Crippen MR) is 48.5 cm³/mol. The van der Waals surface area contributed by atoms with Crippen LogP contribution in [0.5, 0.6) is 0 Å². The second-order valence-electron chi connectivity index (χ2n) is 3.28. The van der Waals surface area contributed by atoms with Crippen LogP contribution in [-0.4, -0.2) is 25.0 Å². The average molecular weight is 197 g/mol. The molecule has 1 aliphatic rings. The molecule has 0 saturated carbocycles. The van der Waals surface area contributed by atoms with E-state index in [-0.39, 0.29) is 5.41 Å². The molecule has 0 radical (unpaired) electrons. The molecule has 0 aromatic rings. The quantitative estimate of drug-likeness (QED) is 0.618. The largest absolute Gasteiger partial charge is 0.381 e. The lowest BCUT2D eigenvalue weighted by molar-refractivity contribution is 0.0836. The Balaban J connectivity index is 2.49. The summed E-state index contributed by atoms with van der Waals surface area (Å²) in [4.78, 5) is 0. The number of alkyl halides is 2. The van der Waals surface area contributed by atoms with Gasteiger partial charge in [-0.3, -0.25) is 0 Å². The SMILES string of the molecule is ClCC1(CCl)CCCCOC1. The third kappa shape index (κ3) is 2.50. The van der Waals surface area contributed by atoms with Gasteiger partial charge in [0.2, 0.25) is 0 Å². The lowest BCUT2D eigenvalue weighted by Gasteiger charge is -2.26. The molecule has 1 aliphatic heterocycles. The minimum atomic E-state index is 0.0552. The van der Waals surface area contributed by atoms with Crippen molar-refractivity contribution in [3.8, 4) is 0 Å². The molecule has 11 heavy (non-hydrogen) atoms. The van der Waals surface area contributed by atoms with Crippen molar-refractivity contribution in [3.63, 3.8) is 0 Å². The fourth-order valence-electron chi connectivity index (χ4n) is 1.31. The fourth-order valence-corrected chi connectivity index (χ4v) is 2.02. The molecule has 1 nitrogen and oxygen atoms in total. The Morgan fingerprint density at radius 2 is 1.91 bits per heavy atom. The highest BCUT2D eigenvalue weighted by Crippen LogP contribution is 2.30. The maximum absolute atomic E-state index is 5.85. The van der Waals surface area contributed by atoms with Gasteiger partial charge in [0, 0.05) is 23.8 Å². The standard InChI is InChI=1S/C8H14Cl2O/c9-5-8(6-10)3-1-2-4-11-7-8/h1-7H2. The lowest BCUT2D eigenvalue weighted by Crippen LogP contribution is -2.29. The predicted octanol–water partition coefficient (Wildman–Crippen LogP) is 2.65. The van der Waals surface area contributed by atoms with E-state index in [2.05, 4.69) is 0 Å². The molecule has 0 aromatic heterocycles. The smallest absolute Gasteiger partial charge is 0.0545 e. The number of hydrogen-bond acceptors (Lipinski definition) is 1. The molecule has 1 rings (SSSR count). The van der Waals surface area contributed by atoms with Crippen molar-refractivity contribution in [2.45, 2.75) is 19.3 Å². The zero-order chi connectivity index (χ0) is 8.16. The average Bonchev–Trinajstić information content (AvgIpc) is 2.30. The molecular formula is C8H14Cl2O. The summed E-state index contributed by atoms with van der Waals surface area (Å²) in [5.41, 5.74) is 0.0552. The summed E-state index contributed by atoms with van der Waals surface area (Å²) in [6.45, 7) is 1.61. The summed E-state index contributed by atoms with van der Waals surface area (Å²) in [5.74, 6) is 1.24. The summed E-state index contributed by atoms with van der Waals surface area (Å²) < 4.78 is 5.42. The molecule has 1 fully saturated rings. The van der Waals surface area contributed by atoms with Crippen molar-refractivity contribution in [1.29, 1.82) is 0 Å². The molecule has 0 spiro atoms. The van der Waals surface area contributed by atoms with Crippen molar-refractivity contribution in [2.24, 2.45) is 5.41 Å². The third-order valence-electron chi connectivity index (χ3n) is 2.22. The molecule has 1 heterocycles. The van der Waals surface area contributed by atoms with E-state index >= 15 is 0 Å². The first kappa shape index (κ1) is 9.63. The van der Waals surface area contributed by atoms with Gasteiger partial charge in [-0.1, -0.05) is 6.42 Å². The van der Waals surface area contributed by atoms with E-state index in [9.17, 15) is 0 Å². The van der Waals surface area contributed by atoms with Crippen LogP contribution in [0.4, 0.5) is 0 Å². The third-order valence-corrected chi connectivity index (χ3v) is 3.35. The van der Waals surface area contributed by atoms with Gasteiger partial charge in [-0.05, 0) is 12.8 Å². The maximum Gasteiger partial charge on any atom is 0.0545 e. The normalized spacial score (nSPS) is 24.5. The molecule has 0 amide bonds. The highest BCUT2D eigenvalue weighted by Gasteiger charge is 2.29. The zero-order valence-electron chi connectivity index (χ0n) is 6.61. The van der Waals surface area contributed by atoms with Crippen molar-refractivity contribution in [3.05, 3.63) is 0 Å². The van der Waals surface area contributed by atoms with E-state index in [0.29, 0.717) is 11.8 Å². The highest BCUT2D eigenvalue weighted by molar-refractivity contribution is 6.21. The molecule has 3 heteroatoms. The van der Waals surface area contributed by atoms with Gasteiger partial charge in [0.25, 0.3) is 0 Å². The van der Waals surface area contributed by atoms with Crippen LogP contribution in [-0.2, 0) is 4.74 Å². The molecule has 0 atom stereocenters. The molecule has 0 unspecified atom stereocenters. The summed E-state index contributed by atoms with van der Waals surface area (Å²) in [6, 6.07) is 0. The first-order valence-electron chi connectivity index (χ1n) is 4.03. The van der Waals surface area contributed by atoms with Crippen LogP contribution in [0, 0.1) is 5.41 Å². The van der Waals surface area contributed by atoms with E-state index < -0.39 is 0 Å². The van der Waals surface area contributed by atoms with Gasteiger partial charge < -0.3 is 4.74 Å². The van der Waals surface area contributed by atoms with E-state index in [1.807, 2.05) is 0 Å². The monoisotopic (exact) mass is 196 g/mol. The van der Waals surface area contributed by atoms with E-state index in [0.717, 1.165) is 26.1 Å². The van der Waals surface area contributed by atoms with Gasteiger partial charge in [-0.2, -0.15) is 0 Å². The lowest BCUT2D eigenvalue weighted by atomic mass is 9.88. The molecule has 1 saturated heterocycles. The van der Waals surface area contributed by atoms with Crippen LogP contribution in [0.2, 0.25) is 0 Å². The molecule has 0 bridgehead atoms. The first-order valence-corrected chi connectivity index (χ1v) is 5.10. The number of halogens is 2. The van der Waals surface area contributed by atoms with Crippen molar-refractivity contribution in [2.75, 3.05) is 25.0 Å². The fraction of sp³-hybridized carbons (Fsp3) is 1.00. The summed E-state index contributed by atoms with van der Waals surface area (Å²) >= 11 is 11.7. The summed E-state index contributed by atoms with van der Waals surface area (Å²) in [5, 5.41) is 0. The van der Waals surface area contributed by atoms with Crippen LogP contribution in [0.25, 0.3) is 0 Å². The second kappa shape index (κ2) is 4.54. The van der Waals surface area contributed by atoms with Crippen LogP contribution in [0.15, 0.2) is 0 Å². The first-order chi connectivity index (χ1) is 5.33. The highest BCUT2D eigenvalue weighted by atomic mass is 35.5. The molecule has 0 aliphatic carbocycles. The van der Waals surface area contributed by atoms with Crippen LogP contribution < -0.4 is 0 Å². The van der Waals surface area contributed by atoms with Gasteiger partial charge in [-0.25, -0.2) is 0 Å². The zero-order valence-corrected chi connectivity index (χ0v) is 8.13. The van der Waals surface area contributed by atoms with Gasteiger partial charge >= 0.3 is 0 Å². The van der Waals surface area contributed by atoms with Gasteiger partial charge in [-0.15, -0.1) is 23.2 Å². The Bertz CT molecular complexity index is 103. The van der Waals surface area contributed by atoms with Crippen molar-refractivity contribution < 1.29 is 4.74 Å². The number of hydrogen-bond donors (Lipinski definition) is 0. The van der Waals surface area contributed by atoms with Crippen LogP contribution >= 0.6 is 23.2 Å². The van der Waals surface area contributed by atoms with Crippen molar-refractivity contribution in [1.82, 2.24) is 0 Å². The molecule has 0 N–H and O–H groups in total. The maximum atomic E-state index is 5.85. The Labute approximate surface area is 78.0 Å². The second-order valence-corrected chi connectivity index (χ2v) is 3.81. The van der Waals surface area contributed by atoms with E-state index in [1.165, 1.54) is 6.42 Å². The van der Waals surface area contributed by atoms with Crippen LogP contribution in [0.3, 0.4) is 0 Å². The van der Waals surface area contributed by atoms with Crippen LogP contribution in [0.1, 0.15) is 19.3 Å². The summed E-state index contributed by atoms with van der Waals surface area (Å²) in [7, 11) is 0. The number of ether oxygens (including phenoxy) is 1. The molecule has 0 aromatic carbocycles. The minimum Gasteiger partial charge on any atom is -0.381 e.